The lowest BCUT2D eigenvalue weighted by Gasteiger charge is -2.32. The second kappa shape index (κ2) is 10.3. The van der Waals surface area contributed by atoms with Crippen molar-refractivity contribution in [1.82, 2.24) is 15.1 Å². The smallest absolute Gasteiger partial charge is 0.409 e. The molecule has 7 nitrogen and oxygen atoms in total. The molecular formula is C21H31N3O4. The quantitative estimate of drug-likeness (QED) is 0.838. The van der Waals surface area contributed by atoms with E-state index in [-0.39, 0.29) is 18.3 Å². The lowest BCUT2D eigenvalue weighted by molar-refractivity contribution is 0.0385. The van der Waals surface area contributed by atoms with Gasteiger partial charge in [-0.25, -0.2) is 9.59 Å². The normalized spacial score (nSPS) is 23.1. The summed E-state index contributed by atoms with van der Waals surface area (Å²) in [7, 11) is 2.06. The summed E-state index contributed by atoms with van der Waals surface area (Å²) in [5, 5.41) is 2.80. The minimum atomic E-state index is -0.367. The summed E-state index contributed by atoms with van der Waals surface area (Å²) >= 11 is 0. The number of alkyl carbamates (subject to hydrolysis) is 1. The topological polar surface area (TPSA) is 71.1 Å². The molecule has 0 unspecified atom stereocenters. The molecule has 1 heterocycles. The van der Waals surface area contributed by atoms with E-state index in [0.717, 1.165) is 57.4 Å². The first-order chi connectivity index (χ1) is 13.6. The molecule has 3 rings (SSSR count). The maximum atomic E-state index is 12.2. The maximum absolute atomic E-state index is 12.2. The molecule has 1 saturated carbocycles. The number of carbonyl (C=O) groups excluding carboxylic acids is 2. The molecule has 1 aliphatic carbocycles. The van der Waals surface area contributed by atoms with Gasteiger partial charge in [-0.1, -0.05) is 30.3 Å². The number of piperazine rings is 1. The van der Waals surface area contributed by atoms with Gasteiger partial charge < -0.3 is 24.6 Å². The second-order valence-corrected chi connectivity index (χ2v) is 7.75. The largest absolute Gasteiger partial charge is 0.449 e. The number of carbonyl (C=O) groups is 2. The minimum absolute atomic E-state index is 0.0552. The first-order valence-corrected chi connectivity index (χ1v) is 10.2. The van der Waals surface area contributed by atoms with Gasteiger partial charge >= 0.3 is 12.2 Å². The first kappa shape index (κ1) is 20.5. The highest BCUT2D eigenvalue weighted by Gasteiger charge is 2.26. The molecule has 1 aliphatic heterocycles. The van der Waals surface area contributed by atoms with Crippen molar-refractivity contribution in [2.75, 3.05) is 39.8 Å². The molecule has 2 aliphatic rings. The van der Waals surface area contributed by atoms with Crippen LogP contribution < -0.4 is 5.32 Å². The Morgan fingerprint density at radius 3 is 2.39 bits per heavy atom. The fourth-order valence-corrected chi connectivity index (χ4v) is 3.65. The van der Waals surface area contributed by atoms with Crippen molar-refractivity contribution in [3.05, 3.63) is 35.9 Å². The van der Waals surface area contributed by atoms with Gasteiger partial charge in [-0.15, -0.1) is 0 Å². The van der Waals surface area contributed by atoms with Crippen LogP contribution in [0, 0.1) is 5.92 Å². The van der Waals surface area contributed by atoms with Crippen LogP contribution in [0.2, 0.25) is 0 Å². The number of nitrogens with one attached hydrogen (secondary N) is 1. The Kier molecular flexibility index (Phi) is 7.54. The summed E-state index contributed by atoms with van der Waals surface area (Å²) in [4.78, 5) is 28.1. The van der Waals surface area contributed by atoms with E-state index in [0.29, 0.717) is 19.1 Å². The highest BCUT2D eigenvalue weighted by Crippen LogP contribution is 2.26. The average molecular weight is 389 g/mol. The van der Waals surface area contributed by atoms with Crippen LogP contribution in [0.25, 0.3) is 0 Å². The predicted octanol–water partition coefficient (Wildman–Crippen LogP) is 2.86. The van der Waals surface area contributed by atoms with E-state index in [2.05, 4.69) is 17.3 Å². The van der Waals surface area contributed by atoms with Crippen LogP contribution in [0.4, 0.5) is 9.59 Å². The summed E-state index contributed by atoms with van der Waals surface area (Å²) in [6, 6.07) is 9.77. The van der Waals surface area contributed by atoms with Crippen LogP contribution in [-0.4, -0.2) is 67.9 Å². The Morgan fingerprint density at radius 2 is 1.71 bits per heavy atom. The summed E-state index contributed by atoms with van der Waals surface area (Å²) < 4.78 is 11.0. The van der Waals surface area contributed by atoms with Crippen molar-refractivity contribution in [3.63, 3.8) is 0 Å². The Balaban J connectivity index is 1.29. The number of hydrogen-bond donors (Lipinski definition) is 1. The zero-order chi connectivity index (χ0) is 19.8. The molecule has 154 valence electrons. The van der Waals surface area contributed by atoms with Crippen molar-refractivity contribution in [1.29, 1.82) is 0 Å². The number of likely N-dealkylation sites (N-methyl/N-ethyl adjacent to an activating group) is 1. The van der Waals surface area contributed by atoms with Gasteiger partial charge in [0.2, 0.25) is 0 Å². The Hall–Kier alpha value is -2.28. The predicted molar refractivity (Wildman–Crippen MR) is 106 cm³/mol. The molecule has 2 fully saturated rings. The van der Waals surface area contributed by atoms with Gasteiger partial charge in [-0.05, 0) is 44.2 Å². The van der Waals surface area contributed by atoms with Crippen molar-refractivity contribution >= 4 is 12.2 Å². The highest BCUT2D eigenvalue weighted by atomic mass is 16.6. The number of rotatable bonds is 5. The van der Waals surface area contributed by atoms with E-state index >= 15 is 0 Å². The summed E-state index contributed by atoms with van der Waals surface area (Å²) in [6.45, 7) is 4.17. The third kappa shape index (κ3) is 6.41. The van der Waals surface area contributed by atoms with Crippen LogP contribution in [0.15, 0.2) is 30.3 Å². The molecule has 1 aromatic carbocycles. The van der Waals surface area contributed by atoms with Gasteiger partial charge in [0.25, 0.3) is 0 Å². The molecule has 28 heavy (non-hydrogen) atoms. The first-order valence-electron chi connectivity index (χ1n) is 10.2. The van der Waals surface area contributed by atoms with Crippen molar-refractivity contribution in [3.8, 4) is 0 Å². The Labute approximate surface area is 167 Å². The van der Waals surface area contributed by atoms with E-state index in [1.165, 1.54) is 0 Å². The van der Waals surface area contributed by atoms with Crippen LogP contribution in [0.3, 0.4) is 0 Å². The summed E-state index contributed by atoms with van der Waals surface area (Å²) in [5.74, 6) is 0.351. The molecule has 0 spiro atoms. The average Bonchev–Trinajstić information content (AvgIpc) is 2.73. The SMILES string of the molecule is CN1CCN(C(=O)OCC2CCC(OC(=O)NCc3ccccc3)CC2)CC1. The summed E-state index contributed by atoms with van der Waals surface area (Å²) in [5.41, 5.74) is 1.05. The fourth-order valence-electron chi connectivity index (χ4n) is 3.65. The van der Waals surface area contributed by atoms with Crippen LogP contribution in [-0.2, 0) is 16.0 Å². The number of amides is 2. The van der Waals surface area contributed by atoms with Gasteiger partial charge in [0.15, 0.2) is 0 Å². The van der Waals surface area contributed by atoms with E-state index < -0.39 is 0 Å². The fraction of sp³-hybridized carbons (Fsp3) is 0.619. The van der Waals surface area contributed by atoms with Gasteiger partial charge in [0.05, 0.1) is 6.61 Å². The van der Waals surface area contributed by atoms with Crippen molar-refractivity contribution in [2.24, 2.45) is 5.92 Å². The van der Waals surface area contributed by atoms with Gasteiger partial charge in [-0.3, -0.25) is 0 Å². The van der Waals surface area contributed by atoms with E-state index in [1.54, 1.807) is 4.90 Å². The molecule has 7 heteroatoms. The number of hydrogen-bond acceptors (Lipinski definition) is 5. The monoisotopic (exact) mass is 389 g/mol. The van der Waals surface area contributed by atoms with Gasteiger partial charge in [0.1, 0.15) is 6.10 Å². The molecule has 0 bridgehead atoms. The van der Waals surface area contributed by atoms with Crippen molar-refractivity contribution in [2.45, 2.75) is 38.3 Å². The second-order valence-electron chi connectivity index (χ2n) is 7.75. The van der Waals surface area contributed by atoms with Crippen LogP contribution in [0.5, 0.6) is 0 Å². The lowest BCUT2D eigenvalue weighted by Crippen LogP contribution is -2.47. The molecule has 1 aromatic rings. The third-order valence-corrected chi connectivity index (χ3v) is 5.55. The van der Waals surface area contributed by atoms with E-state index in [4.69, 9.17) is 9.47 Å². The van der Waals surface area contributed by atoms with Gasteiger partial charge in [0, 0.05) is 32.7 Å². The van der Waals surface area contributed by atoms with E-state index in [1.807, 2.05) is 30.3 Å². The highest BCUT2D eigenvalue weighted by molar-refractivity contribution is 5.68. The van der Waals surface area contributed by atoms with Crippen molar-refractivity contribution < 1.29 is 19.1 Å². The lowest BCUT2D eigenvalue weighted by atomic mass is 9.88. The Morgan fingerprint density at radius 1 is 1.04 bits per heavy atom. The zero-order valence-electron chi connectivity index (χ0n) is 16.6. The molecular weight excluding hydrogens is 358 g/mol. The molecule has 0 radical (unpaired) electrons. The summed E-state index contributed by atoms with van der Waals surface area (Å²) in [6.07, 6.45) is 2.82. The number of benzene rings is 1. The molecule has 0 atom stereocenters. The third-order valence-electron chi connectivity index (χ3n) is 5.55. The minimum Gasteiger partial charge on any atom is -0.449 e. The molecule has 0 aromatic heterocycles. The van der Waals surface area contributed by atoms with E-state index in [9.17, 15) is 9.59 Å². The molecule has 2 amide bonds. The van der Waals surface area contributed by atoms with Gasteiger partial charge in [-0.2, -0.15) is 0 Å². The van der Waals surface area contributed by atoms with Crippen LogP contribution >= 0.6 is 0 Å². The molecule has 1 saturated heterocycles. The number of nitrogens with zero attached hydrogens (tertiary/aromatic N) is 2. The Bertz CT molecular complexity index is 624. The molecule has 1 N–H and O–H groups in total. The number of ether oxygens (including phenoxy) is 2. The van der Waals surface area contributed by atoms with Crippen LogP contribution in [0.1, 0.15) is 31.2 Å². The maximum Gasteiger partial charge on any atom is 0.409 e. The zero-order valence-corrected chi connectivity index (χ0v) is 16.6. The standard InChI is InChI=1S/C21H31N3O4/c1-23-11-13-24(14-12-23)21(26)27-16-18-7-9-19(10-8-18)28-20(25)22-15-17-5-3-2-4-6-17/h2-6,18-19H,7-16H2,1H3,(H,22,25).